The van der Waals surface area contributed by atoms with E-state index in [4.69, 9.17) is 4.74 Å². The lowest BCUT2D eigenvalue weighted by molar-refractivity contribution is 0.0952. The van der Waals surface area contributed by atoms with E-state index in [2.05, 4.69) is 5.32 Å². The fourth-order valence-corrected chi connectivity index (χ4v) is 3.17. The van der Waals surface area contributed by atoms with Gasteiger partial charge in [0.05, 0.1) is 6.61 Å². The zero-order chi connectivity index (χ0) is 17.5. The van der Waals surface area contributed by atoms with Crippen LogP contribution in [0.15, 0.2) is 48.5 Å². The van der Waals surface area contributed by atoms with Gasteiger partial charge in [-0.05, 0) is 60.1 Å². The minimum Gasteiger partial charge on any atom is -0.392 e. The predicted octanol–water partition coefficient (Wildman–Crippen LogP) is 3.39. The molecule has 1 atom stereocenters. The molecule has 1 amide bonds. The molecule has 0 aromatic heterocycles. The van der Waals surface area contributed by atoms with Crippen LogP contribution >= 0.6 is 0 Å². The summed E-state index contributed by atoms with van der Waals surface area (Å²) in [6.07, 6.45) is 3.25. The molecule has 0 radical (unpaired) electrons. The van der Waals surface area contributed by atoms with Crippen molar-refractivity contribution in [3.63, 3.8) is 0 Å². The Balaban J connectivity index is 1.51. The maximum Gasteiger partial charge on any atom is 0.251 e. The molecule has 0 saturated carbocycles. The molecule has 1 fully saturated rings. The van der Waals surface area contributed by atoms with Gasteiger partial charge in [0.1, 0.15) is 0 Å². The third kappa shape index (κ3) is 4.91. The fraction of sp³-hybridized carbons (Fsp3) is 0.381. The lowest BCUT2D eigenvalue weighted by Gasteiger charge is -2.09. The molecular weight excluding hydrogens is 314 g/mol. The molecule has 2 N–H and O–H groups in total. The standard InChI is InChI=1S/C21H25NO3/c23-14-17-3-1-5-20(13-17)18-6-8-19(9-7-18)21(24)22-11-2-4-16-10-12-25-15-16/h1,3,5-9,13,16,23H,2,4,10-12,14-15H2,(H,22,24)/t16-/m0/s1. The SMILES string of the molecule is O=C(NCCC[C@H]1CCOC1)c1ccc(-c2cccc(CO)c2)cc1. The van der Waals surface area contributed by atoms with E-state index >= 15 is 0 Å². The Hall–Kier alpha value is -2.17. The minimum absolute atomic E-state index is 0.0291. The topological polar surface area (TPSA) is 58.6 Å². The van der Waals surface area contributed by atoms with Crippen molar-refractivity contribution in [3.05, 3.63) is 59.7 Å². The number of carbonyl (C=O) groups is 1. The van der Waals surface area contributed by atoms with Crippen LogP contribution in [0, 0.1) is 5.92 Å². The third-order valence-corrected chi connectivity index (χ3v) is 4.69. The lowest BCUT2D eigenvalue weighted by atomic mass is 10.0. The molecule has 132 valence electrons. The summed E-state index contributed by atoms with van der Waals surface area (Å²) in [5.74, 6) is 0.629. The van der Waals surface area contributed by atoms with Crippen molar-refractivity contribution in [1.29, 1.82) is 0 Å². The van der Waals surface area contributed by atoms with Crippen LogP contribution in [0.5, 0.6) is 0 Å². The van der Waals surface area contributed by atoms with E-state index in [0.717, 1.165) is 49.2 Å². The van der Waals surface area contributed by atoms with Crippen LogP contribution < -0.4 is 5.32 Å². The number of hydrogen-bond acceptors (Lipinski definition) is 3. The molecule has 0 unspecified atom stereocenters. The Kier molecular flexibility index (Phi) is 6.20. The number of ether oxygens (including phenoxy) is 1. The maximum absolute atomic E-state index is 12.2. The second kappa shape index (κ2) is 8.79. The average molecular weight is 339 g/mol. The van der Waals surface area contributed by atoms with Crippen molar-refractivity contribution in [2.24, 2.45) is 5.92 Å². The number of rotatable bonds is 7. The van der Waals surface area contributed by atoms with Crippen LogP contribution in [-0.4, -0.2) is 30.8 Å². The van der Waals surface area contributed by atoms with E-state index in [9.17, 15) is 9.90 Å². The molecule has 2 aromatic carbocycles. The molecule has 4 nitrogen and oxygen atoms in total. The second-order valence-electron chi connectivity index (χ2n) is 6.56. The van der Waals surface area contributed by atoms with Crippen LogP contribution in [-0.2, 0) is 11.3 Å². The van der Waals surface area contributed by atoms with Crippen molar-refractivity contribution in [1.82, 2.24) is 5.32 Å². The first-order valence-corrected chi connectivity index (χ1v) is 8.92. The Bertz CT molecular complexity index is 691. The summed E-state index contributed by atoms with van der Waals surface area (Å²) in [6.45, 7) is 2.48. The number of hydrogen-bond donors (Lipinski definition) is 2. The maximum atomic E-state index is 12.2. The van der Waals surface area contributed by atoms with Crippen molar-refractivity contribution in [2.45, 2.75) is 25.9 Å². The van der Waals surface area contributed by atoms with Gasteiger partial charge < -0.3 is 15.2 Å². The molecule has 1 saturated heterocycles. The normalized spacial score (nSPS) is 16.8. The summed E-state index contributed by atoms with van der Waals surface area (Å²) >= 11 is 0. The molecule has 0 aliphatic carbocycles. The van der Waals surface area contributed by atoms with Crippen molar-refractivity contribution < 1.29 is 14.6 Å². The molecule has 1 aliphatic rings. The smallest absolute Gasteiger partial charge is 0.251 e. The van der Waals surface area contributed by atoms with Gasteiger partial charge in [0.25, 0.3) is 5.91 Å². The van der Waals surface area contributed by atoms with Crippen LogP contribution in [0.1, 0.15) is 35.2 Å². The monoisotopic (exact) mass is 339 g/mol. The number of carbonyl (C=O) groups excluding carboxylic acids is 1. The van der Waals surface area contributed by atoms with Crippen LogP contribution in [0.25, 0.3) is 11.1 Å². The molecule has 1 aliphatic heterocycles. The fourth-order valence-electron chi connectivity index (χ4n) is 3.17. The number of aliphatic hydroxyl groups excluding tert-OH is 1. The number of nitrogens with one attached hydrogen (secondary N) is 1. The quantitative estimate of drug-likeness (QED) is 0.760. The summed E-state index contributed by atoms with van der Waals surface area (Å²) in [4.78, 5) is 12.2. The number of amides is 1. The molecular formula is C21H25NO3. The lowest BCUT2D eigenvalue weighted by Crippen LogP contribution is -2.24. The molecule has 25 heavy (non-hydrogen) atoms. The molecule has 2 aromatic rings. The van der Waals surface area contributed by atoms with Crippen LogP contribution in [0.3, 0.4) is 0 Å². The van der Waals surface area contributed by atoms with Crippen LogP contribution in [0.2, 0.25) is 0 Å². The highest BCUT2D eigenvalue weighted by atomic mass is 16.5. The summed E-state index contributed by atoms with van der Waals surface area (Å²) in [7, 11) is 0. The van der Waals surface area contributed by atoms with Gasteiger partial charge in [0.15, 0.2) is 0 Å². The number of aliphatic hydroxyl groups is 1. The summed E-state index contributed by atoms with van der Waals surface area (Å²) in [5.41, 5.74) is 3.63. The molecule has 4 heteroatoms. The van der Waals surface area contributed by atoms with Gasteiger partial charge in [-0.3, -0.25) is 4.79 Å². The molecule has 0 spiro atoms. The molecule has 3 rings (SSSR count). The predicted molar refractivity (Wildman–Crippen MR) is 98.3 cm³/mol. The third-order valence-electron chi connectivity index (χ3n) is 4.69. The Labute approximate surface area is 148 Å². The average Bonchev–Trinajstić information content (AvgIpc) is 3.19. The van der Waals surface area contributed by atoms with Gasteiger partial charge in [-0.1, -0.05) is 30.3 Å². The first-order chi connectivity index (χ1) is 12.3. The van der Waals surface area contributed by atoms with E-state index in [1.807, 2.05) is 48.5 Å². The Morgan fingerprint density at radius 1 is 1.16 bits per heavy atom. The van der Waals surface area contributed by atoms with E-state index in [1.54, 1.807) is 0 Å². The van der Waals surface area contributed by atoms with E-state index in [1.165, 1.54) is 0 Å². The first-order valence-electron chi connectivity index (χ1n) is 8.92. The van der Waals surface area contributed by atoms with Gasteiger partial charge in [-0.2, -0.15) is 0 Å². The van der Waals surface area contributed by atoms with Crippen molar-refractivity contribution in [3.8, 4) is 11.1 Å². The largest absolute Gasteiger partial charge is 0.392 e. The van der Waals surface area contributed by atoms with Gasteiger partial charge in [-0.25, -0.2) is 0 Å². The Morgan fingerprint density at radius 3 is 2.72 bits per heavy atom. The second-order valence-corrected chi connectivity index (χ2v) is 6.56. The zero-order valence-corrected chi connectivity index (χ0v) is 14.4. The van der Waals surface area contributed by atoms with E-state index < -0.39 is 0 Å². The summed E-state index contributed by atoms with van der Waals surface area (Å²) < 4.78 is 5.37. The first kappa shape index (κ1) is 17.6. The van der Waals surface area contributed by atoms with Crippen molar-refractivity contribution in [2.75, 3.05) is 19.8 Å². The van der Waals surface area contributed by atoms with Gasteiger partial charge >= 0.3 is 0 Å². The molecule has 1 heterocycles. The van der Waals surface area contributed by atoms with E-state index in [-0.39, 0.29) is 12.5 Å². The highest BCUT2D eigenvalue weighted by Crippen LogP contribution is 2.21. The van der Waals surface area contributed by atoms with Gasteiger partial charge in [-0.15, -0.1) is 0 Å². The molecule has 0 bridgehead atoms. The van der Waals surface area contributed by atoms with E-state index in [0.29, 0.717) is 18.0 Å². The Morgan fingerprint density at radius 2 is 2.00 bits per heavy atom. The van der Waals surface area contributed by atoms with Gasteiger partial charge in [0, 0.05) is 25.3 Å². The zero-order valence-electron chi connectivity index (χ0n) is 14.4. The van der Waals surface area contributed by atoms with Crippen LogP contribution in [0.4, 0.5) is 0 Å². The highest BCUT2D eigenvalue weighted by Gasteiger charge is 2.15. The van der Waals surface area contributed by atoms with Crippen molar-refractivity contribution >= 4 is 5.91 Å². The minimum atomic E-state index is -0.0293. The van der Waals surface area contributed by atoms with Gasteiger partial charge in [0.2, 0.25) is 0 Å². The summed E-state index contributed by atoms with van der Waals surface area (Å²) in [5, 5.41) is 12.2. The number of benzene rings is 2. The highest BCUT2D eigenvalue weighted by molar-refractivity contribution is 5.94. The summed E-state index contributed by atoms with van der Waals surface area (Å²) in [6, 6.07) is 15.4.